The van der Waals surface area contributed by atoms with Gasteiger partial charge in [0, 0.05) is 26.0 Å². The van der Waals surface area contributed by atoms with Gasteiger partial charge in [0.15, 0.2) is 5.82 Å². The first kappa shape index (κ1) is 20.3. The van der Waals surface area contributed by atoms with Gasteiger partial charge in [0.2, 0.25) is 5.91 Å². The van der Waals surface area contributed by atoms with Crippen LogP contribution in [0.15, 0.2) is 24.7 Å². The predicted molar refractivity (Wildman–Crippen MR) is 113 cm³/mol. The minimum absolute atomic E-state index is 0.248. The van der Waals surface area contributed by atoms with Gasteiger partial charge in [-0.3, -0.25) is 9.78 Å². The first-order valence-electron chi connectivity index (χ1n) is 10.1. The molecule has 1 N–H and O–H groups in total. The average molecular weight is 413 g/mol. The van der Waals surface area contributed by atoms with Gasteiger partial charge in [0.25, 0.3) is 0 Å². The minimum Gasteiger partial charge on any atom is -0.342 e. The summed E-state index contributed by atoms with van der Waals surface area (Å²) < 4.78 is 30.4. The molecule has 158 valence electrons. The molecule has 0 bridgehead atoms. The second-order valence-corrected chi connectivity index (χ2v) is 7.92. The van der Waals surface area contributed by atoms with Crippen molar-refractivity contribution in [1.82, 2.24) is 14.5 Å². The molecule has 6 nitrogen and oxygen atoms in total. The topological polar surface area (TPSA) is 63.1 Å². The highest BCUT2D eigenvalue weighted by atomic mass is 19.1. The lowest BCUT2D eigenvalue weighted by Crippen LogP contribution is -2.18. The zero-order valence-electron chi connectivity index (χ0n) is 17.5. The van der Waals surface area contributed by atoms with Crippen molar-refractivity contribution < 1.29 is 13.6 Å². The molecule has 1 amide bonds. The molecule has 1 aliphatic carbocycles. The summed E-state index contributed by atoms with van der Waals surface area (Å²) in [5.41, 5.74) is 4.15. The van der Waals surface area contributed by atoms with Gasteiger partial charge < -0.3 is 14.8 Å². The van der Waals surface area contributed by atoms with Crippen molar-refractivity contribution in [2.75, 3.05) is 17.3 Å². The van der Waals surface area contributed by atoms with Crippen LogP contribution in [0.2, 0.25) is 0 Å². The van der Waals surface area contributed by atoms with Crippen molar-refractivity contribution in [2.45, 2.75) is 39.3 Å². The Morgan fingerprint density at radius 2 is 2.10 bits per heavy atom. The third kappa shape index (κ3) is 3.51. The average Bonchev–Trinajstić information content (AvgIpc) is 3.33. The second kappa shape index (κ2) is 7.66. The fourth-order valence-corrected chi connectivity index (χ4v) is 3.72. The smallest absolute Gasteiger partial charge is 0.230 e. The van der Waals surface area contributed by atoms with Gasteiger partial charge in [0.05, 0.1) is 34.8 Å². The molecule has 2 unspecified atom stereocenters. The van der Waals surface area contributed by atoms with E-state index in [-0.39, 0.29) is 18.1 Å². The summed E-state index contributed by atoms with van der Waals surface area (Å²) in [6.45, 7) is 3.80. The Hall–Kier alpha value is -3.03. The molecule has 4 rings (SSSR count). The van der Waals surface area contributed by atoms with E-state index in [4.69, 9.17) is 0 Å². The van der Waals surface area contributed by atoms with Crippen LogP contribution in [0.4, 0.5) is 25.8 Å². The number of nitrogens with one attached hydrogen (secondary N) is 1. The van der Waals surface area contributed by atoms with Crippen LogP contribution in [0.5, 0.6) is 0 Å². The first-order valence-corrected chi connectivity index (χ1v) is 10.1. The molecule has 1 aliphatic rings. The number of anilines is 3. The fraction of sp³-hybridized carbons (Fsp3) is 0.409. The highest BCUT2D eigenvalue weighted by Gasteiger charge is 2.43. The van der Waals surface area contributed by atoms with Crippen molar-refractivity contribution >= 4 is 34.0 Å². The van der Waals surface area contributed by atoms with E-state index in [0.717, 1.165) is 11.9 Å². The molecule has 0 saturated heterocycles. The first-order chi connectivity index (χ1) is 14.3. The maximum atomic E-state index is 15.2. The highest BCUT2D eigenvalue weighted by Crippen LogP contribution is 2.38. The predicted octanol–water partition coefficient (Wildman–Crippen LogP) is 4.43. The molecule has 0 radical (unpaired) electrons. The van der Waals surface area contributed by atoms with Crippen molar-refractivity contribution in [3.05, 3.63) is 41.7 Å². The van der Waals surface area contributed by atoms with Crippen LogP contribution in [0.3, 0.4) is 0 Å². The molecule has 3 aromatic rings. The minimum atomic E-state index is -1.08. The van der Waals surface area contributed by atoms with E-state index in [0.29, 0.717) is 40.3 Å². The Morgan fingerprint density at radius 1 is 1.37 bits per heavy atom. The third-order valence-electron chi connectivity index (χ3n) is 5.58. The summed E-state index contributed by atoms with van der Waals surface area (Å²) in [4.78, 5) is 22.7. The van der Waals surface area contributed by atoms with Crippen LogP contribution in [-0.2, 0) is 18.3 Å². The third-order valence-corrected chi connectivity index (χ3v) is 5.58. The molecule has 1 saturated carbocycles. The molecule has 1 fully saturated rings. The number of nitrogens with zero attached hydrogens (tertiary/aromatic N) is 4. The molecule has 0 aliphatic heterocycles. The van der Waals surface area contributed by atoms with Gasteiger partial charge in [-0.2, -0.15) is 0 Å². The number of hydrogen-bond acceptors (Lipinski definition) is 4. The number of aryl methyl sites for hydroxylation is 3. The van der Waals surface area contributed by atoms with Gasteiger partial charge in [-0.25, -0.2) is 13.8 Å². The van der Waals surface area contributed by atoms with Crippen LogP contribution < -0.4 is 10.2 Å². The van der Waals surface area contributed by atoms with Crippen molar-refractivity contribution in [2.24, 2.45) is 13.0 Å². The zero-order valence-corrected chi connectivity index (χ0v) is 17.5. The van der Waals surface area contributed by atoms with Crippen molar-refractivity contribution in [3.63, 3.8) is 0 Å². The van der Waals surface area contributed by atoms with Crippen LogP contribution in [0.25, 0.3) is 11.0 Å². The number of imidazole rings is 1. The number of pyridine rings is 1. The lowest BCUT2D eigenvalue weighted by Gasteiger charge is -2.24. The summed E-state index contributed by atoms with van der Waals surface area (Å²) in [6.07, 6.45) is 3.85. The Balaban J connectivity index is 1.78. The molecule has 2 atom stereocenters. The number of aromatic nitrogens is 3. The number of hydrogen-bond donors (Lipinski definition) is 1. The highest BCUT2D eigenvalue weighted by molar-refractivity contribution is 6.03. The zero-order chi connectivity index (χ0) is 21.6. The van der Waals surface area contributed by atoms with E-state index < -0.39 is 12.1 Å². The number of benzene rings is 1. The number of fused-ring (bicyclic) bond motifs is 1. The van der Waals surface area contributed by atoms with E-state index in [1.165, 1.54) is 0 Å². The summed E-state index contributed by atoms with van der Waals surface area (Å²) >= 11 is 0. The number of rotatable bonds is 6. The van der Waals surface area contributed by atoms with Gasteiger partial charge in [-0.1, -0.05) is 13.3 Å². The monoisotopic (exact) mass is 413 g/mol. The van der Waals surface area contributed by atoms with E-state index in [2.05, 4.69) is 15.3 Å². The fourth-order valence-electron chi connectivity index (χ4n) is 3.72. The number of alkyl halides is 1. The number of carbonyl (C=O) groups is 1. The standard InChI is InChI=1S/C22H25F2N5O/c1-5-6-16-19(24)21(12(2)10-25-16)29(4)13-7-17(27-22(30)14-9-15(14)23)20-18(8-13)28(3)11-26-20/h7-8,10-11,14-15H,5-6,9H2,1-4H3,(H,27,30). The summed E-state index contributed by atoms with van der Waals surface area (Å²) in [6, 6.07) is 3.65. The van der Waals surface area contributed by atoms with Gasteiger partial charge >= 0.3 is 0 Å². The maximum absolute atomic E-state index is 15.2. The van der Waals surface area contributed by atoms with Crippen LogP contribution in [-0.4, -0.2) is 33.7 Å². The van der Waals surface area contributed by atoms with Gasteiger partial charge in [-0.15, -0.1) is 0 Å². The molecular weight excluding hydrogens is 388 g/mol. The van der Waals surface area contributed by atoms with E-state index in [9.17, 15) is 9.18 Å². The molecule has 30 heavy (non-hydrogen) atoms. The number of amides is 1. The largest absolute Gasteiger partial charge is 0.342 e. The molecule has 1 aromatic carbocycles. The van der Waals surface area contributed by atoms with Gasteiger partial charge in [0.1, 0.15) is 11.7 Å². The maximum Gasteiger partial charge on any atom is 0.230 e. The van der Waals surface area contributed by atoms with Crippen molar-refractivity contribution in [1.29, 1.82) is 0 Å². The summed E-state index contributed by atoms with van der Waals surface area (Å²) in [7, 11) is 3.63. The molecule has 0 spiro atoms. The summed E-state index contributed by atoms with van der Waals surface area (Å²) in [5.74, 6) is -1.30. The van der Waals surface area contributed by atoms with Crippen molar-refractivity contribution in [3.8, 4) is 0 Å². The lowest BCUT2D eigenvalue weighted by atomic mass is 10.1. The second-order valence-electron chi connectivity index (χ2n) is 7.92. The Labute approximate surface area is 173 Å². The molecule has 8 heteroatoms. The van der Waals surface area contributed by atoms with E-state index in [1.807, 2.05) is 31.5 Å². The Morgan fingerprint density at radius 3 is 2.77 bits per heavy atom. The SMILES string of the molecule is CCCc1ncc(C)c(N(C)c2cc(NC(=O)C3CC3F)c3ncn(C)c3c2)c1F. The quantitative estimate of drug-likeness (QED) is 0.649. The number of carbonyl (C=O) groups excluding carboxylic acids is 1. The van der Waals surface area contributed by atoms with E-state index in [1.54, 1.807) is 30.5 Å². The Kier molecular flexibility index (Phi) is 5.17. The van der Waals surface area contributed by atoms with Gasteiger partial charge in [-0.05, 0) is 37.5 Å². The van der Waals surface area contributed by atoms with Crippen LogP contribution >= 0.6 is 0 Å². The van der Waals surface area contributed by atoms with Crippen LogP contribution in [0.1, 0.15) is 31.0 Å². The lowest BCUT2D eigenvalue weighted by molar-refractivity contribution is -0.117. The van der Waals surface area contributed by atoms with E-state index >= 15 is 4.39 Å². The molecular formula is C22H25F2N5O. The Bertz CT molecular complexity index is 1130. The summed E-state index contributed by atoms with van der Waals surface area (Å²) in [5, 5.41) is 2.81. The number of halogens is 2. The molecule has 2 aromatic heterocycles. The normalized spacial score (nSPS) is 17.9. The van der Waals surface area contributed by atoms with Crippen LogP contribution in [0, 0.1) is 18.7 Å². The molecule has 2 heterocycles.